The second kappa shape index (κ2) is 3.56. The van der Waals surface area contributed by atoms with Gasteiger partial charge in [-0.1, -0.05) is 6.92 Å². The van der Waals surface area contributed by atoms with Gasteiger partial charge in [-0.05, 0) is 18.6 Å². The van der Waals surface area contributed by atoms with Gasteiger partial charge in [0.05, 0.1) is 18.6 Å². The van der Waals surface area contributed by atoms with E-state index < -0.39 is 0 Å². The third-order valence-corrected chi connectivity index (χ3v) is 2.46. The fraction of sp³-hybridized carbons (Fsp3) is 0.250. The number of hydrogen-bond donors (Lipinski definition) is 0. The predicted molar refractivity (Wildman–Crippen MR) is 59.4 cm³/mol. The molecule has 0 amide bonds. The largest absolute Gasteiger partial charge is 0.490 e. The zero-order valence-electron chi connectivity index (χ0n) is 9.01. The average Bonchev–Trinajstić information content (AvgIpc) is 2.93. The lowest BCUT2D eigenvalue weighted by Crippen LogP contribution is -1.93. The van der Waals surface area contributed by atoms with E-state index in [1.165, 1.54) is 0 Å². The molecule has 0 saturated heterocycles. The van der Waals surface area contributed by atoms with E-state index in [2.05, 4.69) is 11.9 Å². The molecule has 1 aliphatic heterocycles. The van der Waals surface area contributed by atoms with E-state index in [-0.39, 0.29) is 0 Å². The third-order valence-electron chi connectivity index (χ3n) is 2.46. The van der Waals surface area contributed by atoms with Gasteiger partial charge in [0.15, 0.2) is 11.5 Å². The summed E-state index contributed by atoms with van der Waals surface area (Å²) in [5.74, 6) is 2.59. The van der Waals surface area contributed by atoms with Crippen molar-refractivity contribution in [1.29, 1.82) is 0 Å². The second-order valence-electron chi connectivity index (χ2n) is 3.66. The highest BCUT2D eigenvalue weighted by molar-refractivity contribution is 5.72. The average molecular weight is 216 g/mol. The molecule has 0 unspecified atom stereocenters. The van der Waals surface area contributed by atoms with Gasteiger partial charge in [-0.3, -0.25) is 0 Å². The standard InChI is InChI=1S/C12H12N2O2/c1-2-7-15-10-4-3-9(11-12(10)16-11)14-6-5-13-8-14/h3-6,8H,2,7H2,1H3. The Hall–Kier alpha value is -1.97. The Morgan fingerprint density at radius 3 is 3.06 bits per heavy atom. The number of benzene rings is 1. The summed E-state index contributed by atoms with van der Waals surface area (Å²) in [6, 6.07) is 3.93. The molecule has 1 aromatic heterocycles. The van der Waals surface area contributed by atoms with Crippen molar-refractivity contribution in [1.82, 2.24) is 9.55 Å². The van der Waals surface area contributed by atoms with Crippen LogP contribution < -0.4 is 9.47 Å². The van der Waals surface area contributed by atoms with Crippen molar-refractivity contribution in [3.05, 3.63) is 30.9 Å². The van der Waals surface area contributed by atoms with Crippen molar-refractivity contribution in [2.24, 2.45) is 0 Å². The highest BCUT2D eigenvalue weighted by atomic mass is 16.6. The van der Waals surface area contributed by atoms with Gasteiger partial charge in [-0.2, -0.15) is 0 Å². The molecular weight excluding hydrogens is 204 g/mol. The number of imidazole rings is 1. The molecule has 0 spiro atoms. The first kappa shape index (κ1) is 9.27. The van der Waals surface area contributed by atoms with Crippen LogP contribution in [0.5, 0.6) is 17.2 Å². The van der Waals surface area contributed by atoms with E-state index in [0.717, 1.165) is 36.0 Å². The van der Waals surface area contributed by atoms with Crippen molar-refractivity contribution >= 4 is 0 Å². The fourth-order valence-electron chi connectivity index (χ4n) is 1.64. The molecule has 1 aliphatic rings. The molecule has 2 aromatic rings. The molecule has 4 nitrogen and oxygen atoms in total. The van der Waals surface area contributed by atoms with Gasteiger partial charge in [0.25, 0.3) is 0 Å². The van der Waals surface area contributed by atoms with Gasteiger partial charge < -0.3 is 14.0 Å². The molecule has 16 heavy (non-hydrogen) atoms. The number of hydrogen-bond acceptors (Lipinski definition) is 3. The summed E-state index contributed by atoms with van der Waals surface area (Å²) < 4.78 is 12.9. The summed E-state index contributed by atoms with van der Waals surface area (Å²) >= 11 is 0. The Morgan fingerprint density at radius 2 is 2.31 bits per heavy atom. The molecule has 82 valence electrons. The smallest absolute Gasteiger partial charge is 0.214 e. The van der Waals surface area contributed by atoms with Crippen LogP contribution in [-0.2, 0) is 0 Å². The molecule has 0 bridgehead atoms. The van der Waals surface area contributed by atoms with Crippen LogP contribution in [0.3, 0.4) is 0 Å². The number of aromatic nitrogens is 2. The van der Waals surface area contributed by atoms with Gasteiger partial charge in [0.2, 0.25) is 5.75 Å². The van der Waals surface area contributed by atoms with E-state index in [1.807, 2.05) is 22.9 Å². The van der Waals surface area contributed by atoms with Crippen LogP contribution in [0.15, 0.2) is 30.9 Å². The summed E-state index contributed by atoms with van der Waals surface area (Å²) in [4.78, 5) is 4.01. The normalized spacial score (nSPS) is 11.8. The van der Waals surface area contributed by atoms with E-state index in [4.69, 9.17) is 9.47 Å². The van der Waals surface area contributed by atoms with Gasteiger partial charge in [0.1, 0.15) is 0 Å². The number of nitrogens with zero attached hydrogens (tertiary/aromatic N) is 2. The molecule has 4 heteroatoms. The highest BCUT2D eigenvalue weighted by Crippen LogP contribution is 2.56. The number of rotatable bonds is 4. The quantitative estimate of drug-likeness (QED) is 0.629. The fourth-order valence-corrected chi connectivity index (χ4v) is 1.64. The van der Waals surface area contributed by atoms with Crippen LogP contribution in [0.1, 0.15) is 13.3 Å². The Labute approximate surface area is 93.4 Å². The molecule has 0 radical (unpaired) electrons. The number of ether oxygens (including phenoxy) is 2. The third kappa shape index (κ3) is 1.43. The lowest BCUT2D eigenvalue weighted by Gasteiger charge is -2.02. The molecule has 0 aliphatic carbocycles. The first-order valence-electron chi connectivity index (χ1n) is 5.36. The first-order valence-corrected chi connectivity index (χ1v) is 5.36. The minimum atomic E-state index is 0.722. The summed E-state index contributed by atoms with van der Waals surface area (Å²) in [7, 11) is 0. The topological polar surface area (TPSA) is 39.6 Å². The van der Waals surface area contributed by atoms with Crippen LogP contribution in [0.25, 0.3) is 5.69 Å². The lowest BCUT2D eigenvalue weighted by molar-refractivity contribution is 0.314. The maximum absolute atomic E-state index is 5.56. The molecule has 0 fully saturated rings. The minimum Gasteiger partial charge on any atom is -0.490 e. The van der Waals surface area contributed by atoms with Crippen molar-refractivity contribution < 1.29 is 9.47 Å². The van der Waals surface area contributed by atoms with Crippen molar-refractivity contribution in [2.45, 2.75) is 13.3 Å². The molecule has 2 heterocycles. The van der Waals surface area contributed by atoms with Crippen LogP contribution in [-0.4, -0.2) is 16.2 Å². The lowest BCUT2D eigenvalue weighted by atomic mass is 10.3. The van der Waals surface area contributed by atoms with E-state index in [9.17, 15) is 0 Å². The predicted octanol–water partition coefficient (Wildman–Crippen LogP) is 2.77. The molecular formula is C12H12N2O2. The maximum Gasteiger partial charge on any atom is 0.214 e. The van der Waals surface area contributed by atoms with Crippen molar-refractivity contribution in [2.75, 3.05) is 6.61 Å². The summed E-state index contributed by atoms with van der Waals surface area (Å²) in [5, 5.41) is 0. The minimum absolute atomic E-state index is 0.722. The van der Waals surface area contributed by atoms with Crippen LogP contribution >= 0.6 is 0 Å². The van der Waals surface area contributed by atoms with Crippen molar-refractivity contribution in [3.8, 4) is 22.9 Å². The molecule has 0 atom stereocenters. The van der Waals surface area contributed by atoms with Crippen LogP contribution in [0, 0.1) is 0 Å². The van der Waals surface area contributed by atoms with Crippen LogP contribution in [0.4, 0.5) is 0 Å². The Morgan fingerprint density at radius 1 is 1.38 bits per heavy atom. The molecule has 0 saturated carbocycles. The zero-order valence-corrected chi connectivity index (χ0v) is 9.01. The number of fused-ring (bicyclic) bond motifs is 1. The van der Waals surface area contributed by atoms with Crippen LogP contribution in [0.2, 0.25) is 0 Å². The van der Waals surface area contributed by atoms with E-state index in [1.54, 1.807) is 12.5 Å². The first-order chi connectivity index (χ1) is 7.90. The Kier molecular flexibility index (Phi) is 2.06. The van der Waals surface area contributed by atoms with Gasteiger partial charge in [0, 0.05) is 12.4 Å². The van der Waals surface area contributed by atoms with Gasteiger partial charge >= 0.3 is 0 Å². The van der Waals surface area contributed by atoms with Gasteiger partial charge in [-0.15, -0.1) is 0 Å². The zero-order chi connectivity index (χ0) is 11.0. The second-order valence-corrected chi connectivity index (χ2v) is 3.66. The van der Waals surface area contributed by atoms with E-state index >= 15 is 0 Å². The van der Waals surface area contributed by atoms with Gasteiger partial charge in [-0.25, -0.2) is 4.98 Å². The SMILES string of the molecule is CCCOc1ccc(-n2ccnc2)c2c1O2. The van der Waals surface area contributed by atoms with E-state index in [0.29, 0.717) is 0 Å². The summed E-state index contributed by atoms with van der Waals surface area (Å²) in [5.41, 5.74) is 1.01. The molecule has 3 rings (SSSR count). The maximum atomic E-state index is 5.56. The summed E-state index contributed by atoms with van der Waals surface area (Å²) in [6.45, 7) is 2.80. The Balaban J connectivity index is 1.90. The summed E-state index contributed by atoms with van der Waals surface area (Å²) in [6.07, 6.45) is 6.39. The molecule has 1 aromatic carbocycles. The Bertz CT molecular complexity index is 506. The molecule has 0 N–H and O–H groups in total. The monoisotopic (exact) mass is 216 g/mol. The van der Waals surface area contributed by atoms with Crippen molar-refractivity contribution in [3.63, 3.8) is 0 Å². The highest BCUT2D eigenvalue weighted by Gasteiger charge is 2.30.